The maximum absolute atomic E-state index is 11.6. The van der Waals surface area contributed by atoms with Crippen molar-refractivity contribution in [3.05, 3.63) is 11.6 Å². The quantitative estimate of drug-likeness (QED) is 0.595. The number of nitrogens with zero attached hydrogens (tertiary/aromatic N) is 1. The summed E-state index contributed by atoms with van der Waals surface area (Å²) >= 11 is 0. The monoisotopic (exact) mass is 418 g/mol. The van der Waals surface area contributed by atoms with E-state index in [1.165, 1.54) is 24.8 Å². The molecule has 0 saturated heterocycles. The molecule has 0 aromatic carbocycles. The van der Waals surface area contributed by atoms with Crippen LogP contribution in [0.2, 0.25) is 0 Å². The summed E-state index contributed by atoms with van der Waals surface area (Å²) < 4.78 is 0. The van der Waals surface area contributed by atoms with Crippen LogP contribution in [0.25, 0.3) is 0 Å². The highest BCUT2D eigenvalue weighted by Gasteiger charge is 2.58. The molecule has 3 saturated carbocycles. The Morgan fingerprint density at radius 2 is 1.97 bits per heavy atom. The molecule has 0 radical (unpaired) electrons. The molecule has 30 heavy (non-hydrogen) atoms. The van der Waals surface area contributed by atoms with Gasteiger partial charge >= 0.3 is 5.97 Å². The maximum Gasteiger partial charge on any atom is 0.322 e. The van der Waals surface area contributed by atoms with Gasteiger partial charge in [-0.1, -0.05) is 24.6 Å². The largest absolute Gasteiger partial charge is 0.480 e. The number of aliphatic hydroxyl groups is 1. The van der Waals surface area contributed by atoms with Crippen LogP contribution in [0.15, 0.2) is 16.8 Å². The zero-order chi connectivity index (χ0) is 21.5. The van der Waals surface area contributed by atoms with Gasteiger partial charge in [-0.15, -0.1) is 0 Å². The van der Waals surface area contributed by atoms with Crippen LogP contribution in [-0.4, -0.2) is 47.1 Å². The number of amides is 1. The van der Waals surface area contributed by atoms with Crippen LogP contribution >= 0.6 is 0 Å². The molecule has 7 nitrogen and oxygen atoms in total. The number of carbonyl (C=O) groups is 2. The number of carboxylic acids is 1. The Labute approximate surface area is 177 Å². The first kappa shape index (κ1) is 21.3. The fourth-order valence-corrected chi connectivity index (χ4v) is 7.01. The number of carbonyl (C=O) groups excluding carboxylic acids is 1. The van der Waals surface area contributed by atoms with Crippen LogP contribution < -0.4 is 5.32 Å². The molecule has 0 aliphatic heterocycles. The molecule has 4 rings (SSSR count). The number of hydrogen-bond donors (Lipinski definition) is 3. The van der Waals surface area contributed by atoms with E-state index in [1.807, 2.05) is 0 Å². The number of hydrogen-bond acceptors (Lipinski definition) is 5. The molecule has 7 heteroatoms. The minimum Gasteiger partial charge on any atom is -0.480 e. The number of fused-ring (bicyclic) bond motifs is 5. The zero-order valence-corrected chi connectivity index (χ0v) is 18.0. The van der Waals surface area contributed by atoms with Gasteiger partial charge in [0.15, 0.2) is 6.61 Å². The first-order valence-electron chi connectivity index (χ1n) is 11.3. The van der Waals surface area contributed by atoms with Crippen molar-refractivity contribution in [3.63, 3.8) is 0 Å². The molecule has 0 bridgehead atoms. The predicted molar refractivity (Wildman–Crippen MR) is 112 cm³/mol. The van der Waals surface area contributed by atoms with Gasteiger partial charge in [-0.05, 0) is 86.0 Å². The van der Waals surface area contributed by atoms with Crippen LogP contribution in [0.3, 0.4) is 0 Å². The minimum absolute atomic E-state index is 0.106. The van der Waals surface area contributed by atoms with Crippen LogP contribution in [0.1, 0.15) is 65.2 Å². The summed E-state index contributed by atoms with van der Waals surface area (Å²) in [4.78, 5) is 27.2. The van der Waals surface area contributed by atoms with E-state index < -0.39 is 18.4 Å². The summed E-state index contributed by atoms with van der Waals surface area (Å²) in [6.07, 6.45) is 10.6. The molecule has 0 heterocycles. The highest BCUT2D eigenvalue weighted by molar-refractivity contribution is 5.96. The number of carboxylic acid groups (broad SMARTS) is 1. The lowest BCUT2D eigenvalue weighted by Gasteiger charge is -2.57. The van der Waals surface area contributed by atoms with E-state index in [0.29, 0.717) is 17.8 Å². The van der Waals surface area contributed by atoms with Gasteiger partial charge < -0.3 is 20.4 Å². The third kappa shape index (κ3) is 3.66. The summed E-state index contributed by atoms with van der Waals surface area (Å²) in [5.41, 5.74) is 2.61. The minimum atomic E-state index is -1.09. The Kier molecular flexibility index (Phi) is 5.68. The van der Waals surface area contributed by atoms with Gasteiger partial charge in [-0.3, -0.25) is 9.59 Å². The molecular weight excluding hydrogens is 384 g/mol. The topological polar surface area (TPSA) is 108 Å². The predicted octanol–water partition coefficient (Wildman–Crippen LogP) is 2.88. The first-order valence-corrected chi connectivity index (χ1v) is 11.3. The van der Waals surface area contributed by atoms with Crippen molar-refractivity contribution in [2.24, 2.45) is 33.7 Å². The Hall–Kier alpha value is -1.89. The van der Waals surface area contributed by atoms with Crippen molar-refractivity contribution in [1.82, 2.24) is 5.32 Å². The highest BCUT2D eigenvalue weighted by Crippen LogP contribution is 2.65. The second-order valence-corrected chi connectivity index (χ2v) is 10.2. The molecule has 0 aromatic rings. The van der Waals surface area contributed by atoms with Crippen molar-refractivity contribution in [3.8, 4) is 0 Å². The lowest BCUT2D eigenvalue weighted by molar-refractivity contribution is -0.138. The van der Waals surface area contributed by atoms with Gasteiger partial charge in [-0.25, -0.2) is 0 Å². The molecule has 3 fully saturated rings. The second-order valence-electron chi connectivity index (χ2n) is 10.2. The molecular formula is C23H34N2O5. The number of nitrogens with one attached hydrogen (secondary N) is 1. The zero-order valence-electron chi connectivity index (χ0n) is 18.0. The summed E-state index contributed by atoms with van der Waals surface area (Å²) in [6, 6.07) is 0. The van der Waals surface area contributed by atoms with Crippen molar-refractivity contribution in [2.45, 2.75) is 71.3 Å². The van der Waals surface area contributed by atoms with Gasteiger partial charge in [-0.2, -0.15) is 0 Å². The van der Waals surface area contributed by atoms with Crippen LogP contribution in [0, 0.1) is 28.6 Å². The van der Waals surface area contributed by atoms with Crippen LogP contribution in [0.5, 0.6) is 0 Å². The normalized spacial score (nSPS) is 41.3. The molecule has 1 amide bonds. The van der Waals surface area contributed by atoms with E-state index >= 15 is 0 Å². The maximum atomic E-state index is 11.6. The molecule has 166 valence electrons. The molecule has 4 unspecified atom stereocenters. The average molecular weight is 419 g/mol. The van der Waals surface area contributed by atoms with Crippen LogP contribution in [-0.2, 0) is 14.4 Å². The fourth-order valence-electron chi connectivity index (χ4n) is 7.01. The molecule has 4 aliphatic rings. The summed E-state index contributed by atoms with van der Waals surface area (Å²) in [5, 5.41) is 25.6. The van der Waals surface area contributed by atoms with Crippen molar-refractivity contribution >= 4 is 17.6 Å². The third-order valence-corrected chi connectivity index (χ3v) is 8.74. The van der Waals surface area contributed by atoms with E-state index in [1.54, 1.807) is 0 Å². The van der Waals surface area contributed by atoms with E-state index in [9.17, 15) is 14.7 Å². The van der Waals surface area contributed by atoms with Crippen molar-refractivity contribution < 1.29 is 24.6 Å². The third-order valence-electron chi connectivity index (χ3n) is 8.74. The molecule has 3 N–H and O–H groups in total. The summed E-state index contributed by atoms with van der Waals surface area (Å²) in [5.74, 6) is 0.449. The van der Waals surface area contributed by atoms with Crippen molar-refractivity contribution in [2.75, 3.05) is 13.2 Å². The number of aliphatic hydroxyl groups excluding tert-OH is 1. The van der Waals surface area contributed by atoms with Gasteiger partial charge in [0.05, 0.1) is 11.8 Å². The molecule has 0 spiro atoms. The van der Waals surface area contributed by atoms with E-state index in [4.69, 9.17) is 9.94 Å². The average Bonchev–Trinajstić information content (AvgIpc) is 3.01. The molecule has 6 atom stereocenters. The number of oxime groups is 1. The lowest BCUT2D eigenvalue weighted by atomic mass is 9.47. The Morgan fingerprint density at radius 3 is 2.73 bits per heavy atom. The fraction of sp³-hybridized carbons (Fsp3) is 0.783. The van der Waals surface area contributed by atoms with E-state index in [-0.39, 0.29) is 23.5 Å². The van der Waals surface area contributed by atoms with Crippen molar-refractivity contribution in [1.29, 1.82) is 0 Å². The Balaban J connectivity index is 1.41. The van der Waals surface area contributed by atoms with E-state index in [2.05, 4.69) is 30.4 Å². The molecule has 4 aliphatic carbocycles. The van der Waals surface area contributed by atoms with Gasteiger partial charge in [0.1, 0.15) is 6.54 Å². The standard InChI is InChI=1S/C23H34N2O5/c1-22-9-7-15(25-30-13-20(27)24-12-21(28)29)11-14(22)3-4-16-17-5-6-19(26)23(17,2)10-8-18(16)22/h11,16-19,26H,3-10,12-13H2,1-2H3,(H,24,27)(H,28,29)/t16?,17?,18?,19?,22-,23-/m0/s1. The Morgan fingerprint density at radius 1 is 1.17 bits per heavy atom. The SMILES string of the molecule is C[C@]12CCC3C(CCC4=CC(=NOCC(=O)NCC(=O)O)CC[C@@]43C)C1CCC2O. The summed E-state index contributed by atoms with van der Waals surface area (Å²) in [7, 11) is 0. The Bertz CT molecular complexity index is 778. The first-order chi connectivity index (χ1) is 14.2. The number of rotatable bonds is 5. The van der Waals surface area contributed by atoms with Gasteiger partial charge in [0.25, 0.3) is 5.91 Å². The number of allylic oxidation sites excluding steroid dienone is 2. The van der Waals surface area contributed by atoms with Crippen LogP contribution in [0.4, 0.5) is 0 Å². The lowest BCUT2D eigenvalue weighted by Crippen LogP contribution is -2.51. The molecule has 0 aromatic heterocycles. The highest BCUT2D eigenvalue weighted by atomic mass is 16.6. The second kappa shape index (κ2) is 7.98. The smallest absolute Gasteiger partial charge is 0.322 e. The van der Waals surface area contributed by atoms with E-state index in [0.717, 1.165) is 37.8 Å². The van der Waals surface area contributed by atoms with Gasteiger partial charge in [0, 0.05) is 0 Å². The number of aliphatic carboxylic acids is 1. The summed E-state index contributed by atoms with van der Waals surface area (Å²) in [6.45, 7) is 4.04. The van der Waals surface area contributed by atoms with Gasteiger partial charge in [0.2, 0.25) is 0 Å².